The topological polar surface area (TPSA) is 35.2 Å². The van der Waals surface area contributed by atoms with Crippen LogP contribution in [0.2, 0.25) is 0 Å². The van der Waals surface area contributed by atoms with E-state index in [4.69, 9.17) is 10.5 Å². The van der Waals surface area contributed by atoms with Gasteiger partial charge in [0.05, 0.1) is 13.2 Å². The van der Waals surface area contributed by atoms with E-state index in [1.54, 1.807) is 25.1 Å². The van der Waals surface area contributed by atoms with Gasteiger partial charge < -0.3 is 10.5 Å². The van der Waals surface area contributed by atoms with E-state index in [1.165, 1.54) is 7.11 Å². The molecule has 0 heterocycles. The Morgan fingerprint density at radius 3 is 2.25 bits per heavy atom. The van der Waals surface area contributed by atoms with Gasteiger partial charge in [-0.2, -0.15) is 0 Å². The summed E-state index contributed by atoms with van der Waals surface area (Å²) >= 11 is 0. The largest absolute Gasteiger partial charge is 0.497 e. The first-order valence-electron chi connectivity index (χ1n) is 5.99. The first-order valence-corrected chi connectivity index (χ1v) is 5.99. The molecular weight excluding hydrogens is 267 g/mol. The van der Waals surface area contributed by atoms with Crippen LogP contribution >= 0.6 is 0 Å². The van der Waals surface area contributed by atoms with Gasteiger partial charge in [-0.3, -0.25) is 0 Å². The summed E-state index contributed by atoms with van der Waals surface area (Å²) in [5.74, 6) is -3.36. The molecule has 0 saturated heterocycles. The minimum atomic E-state index is -1.51. The van der Waals surface area contributed by atoms with Crippen molar-refractivity contribution in [2.75, 3.05) is 7.11 Å². The highest BCUT2D eigenvalue weighted by Gasteiger charge is 2.20. The number of halogens is 3. The van der Waals surface area contributed by atoms with E-state index in [0.717, 1.165) is 17.7 Å². The molecule has 0 bridgehead atoms. The van der Waals surface area contributed by atoms with E-state index in [9.17, 15) is 13.2 Å². The zero-order valence-electron chi connectivity index (χ0n) is 11.1. The Morgan fingerprint density at radius 2 is 1.65 bits per heavy atom. The molecule has 0 aliphatic rings. The molecule has 0 spiro atoms. The third-order valence-corrected chi connectivity index (χ3v) is 3.21. The summed E-state index contributed by atoms with van der Waals surface area (Å²) in [6.07, 6.45) is 0. The quantitative estimate of drug-likeness (QED) is 0.874. The fourth-order valence-corrected chi connectivity index (χ4v) is 2.07. The lowest BCUT2D eigenvalue weighted by Crippen LogP contribution is -2.16. The predicted octanol–water partition coefficient (Wildman–Crippen LogP) is 3.47. The van der Waals surface area contributed by atoms with Crippen LogP contribution in [0, 0.1) is 24.4 Å². The van der Waals surface area contributed by atoms with Crippen molar-refractivity contribution in [2.24, 2.45) is 5.73 Å². The van der Waals surface area contributed by atoms with E-state index in [2.05, 4.69) is 0 Å². The van der Waals surface area contributed by atoms with Crippen molar-refractivity contribution in [1.82, 2.24) is 0 Å². The highest BCUT2D eigenvalue weighted by Crippen LogP contribution is 2.28. The van der Waals surface area contributed by atoms with Crippen molar-refractivity contribution >= 4 is 0 Å². The zero-order chi connectivity index (χ0) is 14.9. The Balaban J connectivity index is 2.46. The maximum Gasteiger partial charge on any atom is 0.194 e. The molecule has 0 radical (unpaired) electrons. The van der Waals surface area contributed by atoms with Crippen molar-refractivity contribution in [2.45, 2.75) is 13.0 Å². The van der Waals surface area contributed by atoms with Gasteiger partial charge in [0.2, 0.25) is 0 Å². The van der Waals surface area contributed by atoms with Gasteiger partial charge in [0.1, 0.15) is 5.75 Å². The number of rotatable bonds is 3. The molecule has 20 heavy (non-hydrogen) atoms. The van der Waals surface area contributed by atoms with Gasteiger partial charge in [0.25, 0.3) is 0 Å². The normalized spacial score (nSPS) is 12.3. The van der Waals surface area contributed by atoms with Crippen LogP contribution in [0.15, 0.2) is 30.3 Å². The van der Waals surface area contributed by atoms with E-state index < -0.39 is 23.5 Å². The Bertz CT molecular complexity index is 643. The molecule has 1 unspecified atom stereocenters. The van der Waals surface area contributed by atoms with E-state index in [-0.39, 0.29) is 5.56 Å². The summed E-state index contributed by atoms with van der Waals surface area (Å²) in [6.45, 7) is 1.79. The Labute approximate surface area is 115 Å². The Hall–Kier alpha value is -2.01. The second-order valence-electron chi connectivity index (χ2n) is 4.46. The number of ether oxygens (including phenoxy) is 1. The second kappa shape index (κ2) is 5.54. The molecule has 0 amide bonds. The molecule has 2 nitrogen and oxygen atoms in total. The van der Waals surface area contributed by atoms with Crippen LogP contribution in [0.25, 0.3) is 0 Å². The monoisotopic (exact) mass is 281 g/mol. The number of methoxy groups -OCH3 is 1. The number of hydrogen-bond donors (Lipinski definition) is 1. The summed E-state index contributed by atoms with van der Waals surface area (Å²) in [5.41, 5.74) is 7.27. The molecule has 0 aliphatic carbocycles. The van der Waals surface area contributed by atoms with Gasteiger partial charge in [-0.15, -0.1) is 0 Å². The molecule has 5 heteroatoms. The molecular formula is C15H14F3NO. The van der Waals surface area contributed by atoms with Gasteiger partial charge >= 0.3 is 0 Å². The van der Waals surface area contributed by atoms with Gasteiger partial charge in [-0.05, 0) is 36.2 Å². The summed E-state index contributed by atoms with van der Waals surface area (Å²) in [4.78, 5) is 0. The maximum absolute atomic E-state index is 13.8. The number of nitrogens with two attached hydrogens (primary N) is 1. The van der Waals surface area contributed by atoms with Gasteiger partial charge in [-0.25, -0.2) is 13.2 Å². The fourth-order valence-electron chi connectivity index (χ4n) is 2.07. The van der Waals surface area contributed by atoms with E-state index in [0.29, 0.717) is 11.3 Å². The van der Waals surface area contributed by atoms with Crippen LogP contribution in [-0.2, 0) is 0 Å². The molecule has 2 aromatic carbocycles. The van der Waals surface area contributed by atoms with Crippen molar-refractivity contribution in [3.63, 3.8) is 0 Å². The van der Waals surface area contributed by atoms with Crippen LogP contribution in [-0.4, -0.2) is 7.11 Å². The molecule has 2 rings (SSSR count). The number of hydrogen-bond acceptors (Lipinski definition) is 2. The third kappa shape index (κ3) is 2.49. The summed E-state index contributed by atoms with van der Waals surface area (Å²) in [7, 11) is 1.53. The minimum absolute atomic E-state index is 0.0860. The molecule has 0 aliphatic heterocycles. The highest BCUT2D eigenvalue weighted by atomic mass is 19.2. The van der Waals surface area contributed by atoms with Crippen LogP contribution in [0.3, 0.4) is 0 Å². The van der Waals surface area contributed by atoms with Crippen LogP contribution < -0.4 is 10.5 Å². The molecule has 1 atom stereocenters. The zero-order valence-corrected chi connectivity index (χ0v) is 11.1. The summed E-state index contributed by atoms with van der Waals surface area (Å²) in [5, 5.41) is 0. The molecule has 2 N–H and O–H groups in total. The van der Waals surface area contributed by atoms with Crippen LogP contribution in [0.4, 0.5) is 13.2 Å². The van der Waals surface area contributed by atoms with Crippen molar-refractivity contribution < 1.29 is 17.9 Å². The van der Waals surface area contributed by atoms with Crippen LogP contribution in [0.5, 0.6) is 5.75 Å². The van der Waals surface area contributed by atoms with Gasteiger partial charge in [0, 0.05) is 5.56 Å². The molecule has 2 aromatic rings. The second-order valence-corrected chi connectivity index (χ2v) is 4.46. The van der Waals surface area contributed by atoms with Crippen molar-refractivity contribution in [3.8, 4) is 5.75 Å². The predicted molar refractivity (Wildman–Crippen MR) is 70.1 cm³/mol. The highest BCUT2D eigenvalue weighted by molar-refractivity contribution is 5.41. The minimum Gasteiger partial charge on any atom is -0.497 e. The van der Waals surface area contributed by atoms with E-state index in [1.807, 2.05) is 0 Å². The fraction of sp³-hybridized carbons (Fsp3) is 0.200. The SMILES string of the molecule is COc1ccc(C(N)c2ccc(F)c(F)c2F)c(C)c1. The average molecular weight is 281 g/mol. The standard InChI is InChI=1S/C15H14F3NO/c1-8-7-9(20-2)3-4-10(8)15(19)11-5-6-12(16)14(18)13(11)17/h3-7,15H,19H2,1-2H3. The number of benzene rings is 2. The Kier molecular flexibility index (Phi) is 3.99. The number of aryl methyl sites for hydroxylation is 1. The first kappa shape index (κ1) is 14.4. The molecule has 0 aromatic heterocycles. The lowest BCUT2D eigenvalue weighted by Gasteiger charge is -2.17. The third-order valence-electron chi connectivity index (χ3n) is 3.21. The van der Waals surface area contributed by atoms with Crippen molar-refractivity contribution in [1.29, 1.82) is 0 Å². The van der Waals surface area contributed by atoms with Gasteiger partial charge in [0.15, 0.2) is 17.5 Å². The Morgan fingerprint density at radius 1 is 1.00 bits per heavy atom. The van der Waals surface area contributed by atoms with Crippen LogP contribution in [0.1, 0.15) is 22.7 Å². The van der Waals surface area contributed by atoms with Crippen molar-refractivity contribution in [3.05, 3.63) is 64.5 Å². The van der Waals surface area contributed by atoms with Gasteiger partial charge in [-0.1, -0.05) is 12.1 Å². The molecule has 0 fully saturated rings. The lowest BCUT2D eigenvalue weighted by molar-refractivity contribution is 0.414. The first-order chi connectivity index (χ1) is 9.45. The maximum atomic E-state index is 13.8. The summed E-state index contributed by atoms with van der Waals surface area (Å²) < 4.78 is 45.0. The smallest absolute Gasteiger partial charge is 0.194 e. The lowest BCUT2D eigenvalue weighted by atomic mass is 9.95. The van der Waals surface area contributed by atoms with E-state index >= 15 is 0 Å². The molecule has 0 saturated carbocycles. The summed E-state index contributed by atoms with van der Waals surface area (Å²) in [6, 6.07) is 6.25. The molecule has 106 valence electrons. The average Bonchev–Trinajstić information content (AvgIpc) is 2.44.